The first-order chi connectivity index (χ1) is 12.7. The Labute approximate surface area is 161 Å². The van der Waals surface area contributed by atoms with Gasteiger partial charge in [-0.25, -0.2) is 0 Å². The second kappa shape index (κ2) is 9.33. The van der Waals surface area contributed by atoms with E-state index < -0.39 is 0 Å². The molecule has 2 aliphatic rings. The lowest BCUT2D eigenvalue weighted by atomic mass is 10.1. The van der Waals surface area contributed by atoms with E-state index in [4.69, 9.17) is 17.0 Å². The van der Waals surface area contributed by atoms with Gasteiger partial charge in [0.25, 0.3) is 5.91 Å². The maximum Gasteiger partial charge on any atom is 0.251 e. The summed E-state index contributed by atoms with van der Waals surface area (Å²) in [7, 11) is 0. The van der Waals surface area contributed by atoms with Crippen molar-refractivity contribution in [1.29, 1.82) is 0 Å². The number of unbranched alkanes of at least 4 members (excludes halogenated alkanes) is 1. The number of nitrogens with zero attached hydrogens (tertiary/aromatic N) is 2. The molecule has 0 bridgehead atoms. The molecular weight excluding hydrogens is 346 g/mol. The van der Waals surface area contributed by atoms with E-state index in [1.807, 2.05) is 4.90 Å². The first-order valence-electron chi connectivity index (χ1n) is 9.72. The summed E-state index contributed by atoms with van der Waals surface area (Å²) in [6.45, 7) is 5.86. The van der Waals surface area contributed by atoms with Crippen LogP contribution in [0.4, 0.5) is 5.69 Å². The van der Waals surface area contributed by atoms with Crippen molar-refractivity contribution in [2.75, 3.05) is 38.1 Å². The van der Waals surface area contributed by atoms with Crippen molar-refractivity contribution in [2.24, 2.45) is 0 Å². The van der Waals surface area contributed by atoms with E-state index in [2.05, 4.69) is 41.4 Å². The molecule has 1 aromatic rings. The third kappa shape index (κ3) is 4.95. The molecule has 5 nitrogen and oxygen atoms in total. The molecule has 6 heteroatoms. The van der Waals surface area contributed by atoms with Gasteiger partial charge in [-0.1, -0.05) is 25.5 Å². The quantitative estimate of drug-likeness (QED) is 0.802. The SMILES string of the molecule is CCCCc1ccc(NC(=S)N2CCN(C(=O)[C@H]3CCCO3)CC2)cc1. The number of amides is 1. The summed E-state index contributed by atoms with van der Waals surface area (Å²) in [4.78, 5) is 16.5. The Morgan fingerprint density at radius 2 is 1.88 bits per heavy atom. The van der Waals surface area contributed by atoms with Gasteiger partial charge in [-0.2, -0.15) is 0 Å². The molecule has 0 saturated carbocycles. The summed E-state index contributed by atoms with van der Waals surface area (Å²) < 4.78 is 5.51. The number of hydrogen-bond donors (Lipinski definition) is 1. The van der Waals surface area contributed by atoms with E-state index in [9.17, 15) is 4.79 Å². The zero-order valence-corrected chi connectivity index (χ0v) is 16.4. The number of piperazine rings is 1. The van der Waals surface area contributed by atoms with E-state index >= 15 is 0 Å². The molecule has 1 N–H and O–H groups in total. The minimum absolute atomic E-state index is 0.142. The lowest BCUT2D eigenvalue weighted by Gasteiger charge is -2.37. The molecule has 1 atom stereocenters. The van der Waals surface area contributed by atoms with Crippen molar-refractivity contribution in [1.82, 2.24) is 9.80 Å². The van der Waals surface area contributed by atoms with E-state index in [0.717, 1.165) is 43.2 Å². The molecule has 142 valence electrons. The number of aryl methyl sites for hydroxylation is 1. The molecule has 1 aromatic carbocycles. The molecule has 0 aromatic heterocycles. The van der Waals surface area contributed by atoms with Gasteiger partial charge in [-0.15, -0.1) is 0 Å². The van der Waals surface area contributed by atoms with E-state index in [-0.39, 0.29) is 12.0 Å². The third-order valence-electron chi connectivity index (χ3n) is 5.11. The van der Waals surface area contributed by atoms with Gasteiger partial charge in [0.1, 0.15) is 6.10 Å². The average Bonchev–Trinajstić information content (AvgIpc) is 3.22. The molecule has 0 unspecified atom stereocenters. The van der Waals surface area contributed by atoms with Crippen molar-refractivity contribution in [3.05, 3.63) is 29.8 Å². The molecule has 2 aliphatic heterocycles. The Bertz CT molecular complexity index is 606. The van der Waals surface area contributed by atoms with Gasteiger partial charge >= 0.3 is 0 Å². The normalized spacial score (nSPS) is 20.3. The largest absolute Gasteiger partial charge is 0.368 e. The Morgan fingerprint density at radius 1 is 1.19 bits per heavy atom. The number of ether oxygens (including phenoxy) is 1. The van der Waals surface area contributed by atoms with Crippen LogP contribution < -0.4 is 5.32 Å². The van der Waals surface area contributed by atoms with Crippen LogP contribution in [0, 0.1) is 0 Å². The molecule has 0 spiro atoms. The second-order valence-corrected chi connectivity index (χ2v) is 7.43. The highest BCUT2D eigenvalue weighted by molar-refractivity contribution is 7.80. The van der Waals surface area contributed by atoms with Crippen LogP contribution in [0.5, 0.6) is 0 Å². The molecule has 2 saturated heterocycles. The van der Waals surface area contributed by atoms with Crippen LogP contribution in [0.2, 0.25) is 0 Å². The standard InChI is InChI=1S/C20H29N3O2S/c1-2-3-5-16-7-9-17(10-8-16)21-20(26)23-13-11-22(12-14-23)19(24)18-6-4-15-25-18/h7-10,18H,2-6,11-15H2,1H3,(H,21,26)/t18-/m1/s1. The van der Waals surface area contributed by atoms with Crippen molar-refractivity contribution in [3.8, 4) is 0 Å². The fourth-order valence-electron chi connectivity index (χ4n) is 3.44. The van der Waals surface area contributed by atoms with Crippen molar-refractivity contribution in [2.45, 2.75) is 45.1 Å². The molecule has 2 fully saturated rings. The van der Waals surface area contributed by atoms with Crippen LogP contribution in [0.25, 0.3) is 0 Å². The Hall–Kier alpha value is -1.66. The average molecular weight is 376 g/mol. The zero-order chi connectivity index (χ0) is 18.4. The summed E-state index contributed by atoms with van der Waals surface area (Å²) in [5.74, 6) is 0.142. The second-order valence-electron chi connectivity index (χ2n) is 7.04. The number of thiocarbonyl (C=S) groups is 1. The lowest BCUT2D eigenvalue weighted by Crippen LogP contribution is -2.53. The highest BCUT2D eigenvalue weighted by atomic mass is 32.1. The van der Waals surface area contributed by atoms with Gasteiger partial charge in [0.15, 0.2) is 5.11 Å². The molecule has 3 rings (SSSR count). The molecule has 26 heavy (non-hydrogen) atoms. The first kappa shape index (κ1) is 19.1. The number of carbonyl (C=O) groups is 1. The Kier molecular flexibility index (Phi) is 6.86. The molecule has 1 amide bonds. The van der Waals surface area contributed by atoms with Gasteiger partial charge in [0.2, 0.25) is 0 Å². The van der Waals surface area contributed by atoms with Crippen molar-refractivity contribution in [3.63, 3.8) is 0 Å². The van der Waals surface area contributed by atoms with Gasteiger partial charge in [0.05, 0.1) is 0 Å². The highest BCUT2D eigenvalue weighted by Crippen LogP contribution is 2.17. The number of carbonyl (C=O) groups excluding carboxylic acids is 1. The van der Waals surface area contributed by atoms with Crippen LogP contribution in [-0.2, 0) is 16.0 Å². The van der Waals surface area contributed by atoms with E-state index in [1.165, 1.54) is 18.4 Å². The lowest BCUT2D eigenvalue weighted by molar-refractivity contribution is -0.142. The van der Waals surface area contributed by atoms with Crippen molar-refractivity contribution >= 4 is 28.9 Å². The maximum atomic E-state index is 12.4. The topological polar surface area (TPSA) is 44.8 Å². The zero-order valence-electron chi connectivity index (χ0n) is 15.6. The van der Waals surface area contributed by atoms with Crippen molar-refractivity contribution < 1.29 is 9.53 Å². The monoisotopic (exact) mass is 375 g/mol. The highest BCUT2D eigenvalue weighted by Gasteiger charge is 2.30. The number of anilines is 1. The predicted molar refractivity (Wildman–Crippen MR) is 108 cm³/mol. The van der Waals surface area contributed by atoms with Gasteiger partial charge in [-0.3, -0.25) is 4.79 Å². The van der Waals surface area contributed by atoms with Crippen LogP contribution in [0.1, 0.15) is 38.2 Å². The maximum absolute atomic E-state index is 12.4. The summed E-state index contributed by atoms with van der Waals surface area (Å²) in [6.07, 6.45) is 5.18. The van der Waals surface area contributed by atoms with Crippen LogP contribution in [0.15, 0.2) is 24.3 Å². The van der Waals surface area contributed by atoms with Crippen LogP contribution >= 0.6 is 12.2 Å². The fourth-order valence-corrected chi connectivity index (χ4v) is 3.74. The summed E-state index contributed by atoms with van der Waals surface area (Å²) in [5, 5.41) is 4.06. The summed E-state index contributed by atoms with van der Waals surface area (Å²) >= 11 is 5.56. The van der Waals surface area contributed by atoms with Crippen LogP contribution in [0.3, 0.4) is 0 Å². The Morgan fingerprint density at radius 3 is 2.50 bits per heavy atom. The molecule has 0 aliphatic carbocycles. The minimum atomic E-state index is -0.224. The number of hydrogen-bond acceptors (Lipinski definition) is 3. The third-order valence-corrected chi connectivity index (χ3v) is 5.47. The predicted octanol–water partition coefficient (Wildman–Crippen LogP) is 3.05. The molecule has 2 heterocycles. The van der Waals surface area contributed by atoms with E-state index in [0.29, 0.717) is 19.7 Å². The number of rotatable bonds is 5. The smallest absolute Gasteiger partial charge is 0.251 e. The summed E-state index contributed by atoms with van der Waals surface area (Å²) in [5.41, 5.74) is 2.39. The first-order valence-corrected chi connectivity index (χ1v) is 10.1. The van der Waals surface area contributed by atoms with Gasteiger partial charge in [0, 0.05) is 38.5 Å². The fraction of sp³-hybridized carbons (Fsp3) is 0.600. The number of nitrogens with one attached hydrogen (secondary N) is 1. The minimum Gasteiger partial charge on any atom is -0.368 e. The van der Waals surface area contributed by atoms with Crippen LogP contribution in [-0.4, -0.2) is 59.7 Å². The Balaban J connectivity index is 1.45. The molecule has 0 radical (unpaired) electrons. The summed E-state index contributed by atoms with van der Waals surface area (Å²) in [6, 6.07) is 8.51. The van der Waals surface area contributed by atoms with Gasteiger partial charge < -0.3 is 19.9 Å². The number of benzene rings is 1. The van der Waals surface area contributed by atoms with E-state index in [1.54, 1.807) is 0 Å². The molecular formula is C20H29N3O2S. The van der Waals surface area contributed by atoms with Gasteiger partial charge in [-0.05, 0) is 55.6 Å².